The number of hydrogen-bond acceptors (Lipinski definition) is 4. The normalized spacial score (nSPS) is 12.2. The Morgan fingerprint density at radius 2 is 2.22 bits per heavy atom. The molecule has 0 aromatic carbocycles. The van der Waals surface area contributed by atoms with Crippen LogP contribution in [0, 0.1) is 6.92 Å². The van der Waals surface area contributed by atoms with Crippen LogP contribution < -0.4 is 10.6 Å². The summed E-state index contributed by atoms with van der Waals surface area (Å²) >= 11 is 0. The van der Waals surface area contributed by atoms with Gasteiger partial charge in [0, 0.05) is 6.54 Å². The minimum Gasteiger partial charge on any atom is -0.393 e. The van der Waals surface area contributed by atoms with Crippen molar-refractivity contribution >= 4 is 11.7 Å². The predicted octanol–water partition coefficient (Wildman–Crippen LogP) is 1.83. The summed E-state index contributed by atoms with van der Waals surface area (Å²) in [5, 5.41) is 18.6. The van der Waals surface area contributed by atoms with E-state index in [-0.39, 0.29) is 12.1 Å². The fourth-order valence-electron chi connectivity index (χ4n) is 1.53. The molecule has 3 N–H and O–H groups in total. The maximum Gasteiger partial charge on any atom is 0.319 e. The fraction of sp³-hybridized carbons (Fsp3) is 0.667. The Hall–Kier alpha value is -1.56. The number of aromatic nitrogens is 1. The van der Waals surface area contributed by atoms with Crippen LogP contribution in [0.2, 0.25) is 0 Å². The molecule has 6 heteroatoms. The highest BCUT2D eigenvalue weighted by molar-refractivity contribution is 5.90. The zero-order valence-corrected chi connectivity index (χ0v) is 11.1. The number of hydrogen-bond donors (Lipinski definition) is 3. The maximum absolute atomic E-state index is 11.6. The first-order chi connectivity index (χ1) is 8.58. The van der Waals surface area contributed by atoms with Gasteiger partial charge in [-0.2, -0.15) is 0 Å². The van der Waals surface area contributed by atoms with Crippen LogP contribution in [0.15, 0.2) is 4.52 Å². The standard InChI is InChI=1S/C12H21N3O3/c1-4-9(16)6-7-13-12(17)14-11-8(3)18-15-10(11)5-2/h9,16H,4-7H2,1-3H3,(H2,13,14,17). The van der Waals surface area contributed by atoms with Crippen LogP contribution in [0.1, 0.15) is 38.1 Å². The van der Waals surface area contributed by atoms with Gasteiger partial charge in [-0.3, -0.25) is 0 Å². The molecule has 1 unspecified atom stereocenters. The number of aliphatic hydroxyl groups is 1. The molecule has 18 heavy (non-hydrogen) atoms. The zero-order chi connectivity index (χ0) is 13.5. The van der Waals surface area contributed by atoms with Gasteiger partial charge < -0.3 is 20.3 Å². The van der Waals surface area contributed by atoms with E-state index in [0.29, 0.717) is 37.3 Å². The van der Waals surface area contributed by atoms with Crippen molar-refractivity contribution in [1.29, 1.82) is 0 Å². The average molecular weight is 255 g/mol. The Balaban J connectivity index is 2.42. The van der Waals surface area contributed by atoms with Gasteiger partial charge in [-0.05, 0) is 26.2 Å². The van der Waals surface area contributed by atoms with Crippen molar-refractivity contribution in [3.63, 3.8) is 0 Å². The van der Waals surface area contributed by atoms with Gasteiger partial charge in [-0.1, -0.05) is 19.0 Å². The maximum atomic E-state index is 11.6. The van der Waals surface area contributed by atoms with Crippen molar-refractivity contribution in [2.45, 2.75) is 46.1 Å². The third kappa shape index (κ3) is 4.03. The number of urea groups is 1. The third-order valence-corrected chi connectivity index (χ3v) is 2.74. The minimum atomic E-state index is -0.367. The van der Waals surface area contributed by atoms with E-state index in [1.165, 1.54) is 0 Å². The Kier molecular flexibility index (Phi) is 5.64. The van der Waals surface area contributed by atoms with Gasteiger partial charge in [-0.15, -0.1) is 0 Å². The smallest absolute Gasteiger partial charge is 0.319 e. The van der Waals surface area contributed by atoms with Gasteiger partial charge in [0.15, 0.2) is 5.76 Å². The van der Waals surface area contributed by atoms with E-state index < -0.39 is 0 Å². The highest BCUT2D eigenvalue weighted by atomic mass is 16.5. The molecule has 1 aromatic rings. The molecule has 0 bridgehead atoms. The quantitative estimate of drug-likeness (QED) is 0.723. The van der Waals surface area contributed by atoms with E-state index in [1.54, 1.807) is 6.92 Å². The number of amides is 2. The number of rotatable bonds is 6. The summed E-state index contributed by atoms with van der Waals surface area (Å²) in [7, 11) is 0. The van der Waals surface area contributed by atoms with Crippen LogP contribution in [0.5, 0.6) is 0 Å². The zero-order valence-electron chi connectivity index (χ0n) is 11.1. The van der Waals surface area contributed by atoms with Gasteiger partial charge in [-0.25, -0.2) is 4.79 Å². The molecule has 1 aromatic heterocycles. The van der Waals surface area contributed by atoms with Gasteiger partial charge >= 0.3 is 6.03 Å². The summed E-state index contributed by atoms with van der Waals surface area (Å²) in [6.45, 7) is 6.03. The van der Waals surface area contributed by atoms with Crippen molar-refractivity contribution in [2.24, 2.45) is 0 Å². The lowest BCUT2D eigenvalue weighted by molar-refractivity contribution is 0.160. The lowest BCUT2D eigenvalue weighted by atomic mass is 10.2. The van der Waals surface area contributed by atoms with Crippen LogP contribution in [-0.4, -0.2) is 28.9 Å². The Labute approximate surface area is 107 Å². The number of nitrogens with one attached hydrogen (secondary N) is 2. The highest BCUT2D eigenvalue weighted by Crippen LogP contribution is 2.19. The largest absolute Gasteiger partial charge is 0.393 e. The van der Waals surface area contributed by atoms with Crippen molar-refractivity contribution in [2.75, 3.05) is 11.9 Å². The minimum absolute atomic E-state index is 0.306. The lowest BCUT2D eigenvalue weighted by Crippen LogP contribution is -2.31. The third-order valence-electron chi connectivity index (χ3n) is 2.74. The first kappa shape index (κ1) is 14.5. The van der Waals surface area contributed by atoms with E-state index in [2.05, 4.69) is 15.8 Å². The summed E-state index contributed by atoms with van der Waals surface area (Å²) < 4.78 is 5.02. The molecule has 0 aliphatic rings. The van der Waals surface area contributed by atoms with E-state index in [0.717, 1.165) is 5.69 Å². The average Bonchev–Trinajstić information content (AvgIpc) is 2.70. The van der Waals surface area contributed by atoms with Crippen LogP contribution in [0.3, 0.4) is 0 Å². The second-order valence-electron chi connectivity index (χ2n) is 4.15. The molecule has 0 aliphatic carbocycles. The van der Waals surface area contributed by atoms with E-state index >= 15 is 0 Å². The van der Waals surface area contributed by atoms with Crippen molar-refractivity contribution in [3.05, 3.63) is 11.5 Å². The second kappa shape index (κ2) is 7.00. The number of anilines is 1. The summed E-state index contributed by atoms with van der Waals surface area (Å²) in [6, 6.07) is -0.306. The molecule has 2 amide bonds. The van der Waals surface area contributed by atoms with Crippen LogP contribution in [0.4, 0.5) is 10.5 Å². The highest BCUT2D eigenvalue weighted by Gasteiger charge is 2.13. The molecule has 1 atom stereocenters. The molecule has 0 saturated heterocycles. The number of nitrogens with zero attached hydrogens (tertiary/aromatic N) is 1. The predicted molar refractivity (Wildman–Crippen MR) is 68.6 cm³/mol. The molecule has 0 spiro atoms. The number of carbonyl (C=O) groups is 1. The molecule has 1 heterocycles. The van der Waals surface area contributed by atoms with Gasteiger partial charge in [0.25, 0.3) is 0 Å². The Bertz CT molecular complexity index is 390. The molecule has 0 radical (unpaired) electrons. The lowest BCUT2D eigenvalue weighted by Gasteiger charge is -2.09. The summed E-state index contributed by atoms with van der Waals surface area (Å²) in [4.78, 5) is 11.6. The van der Waals surface area contributed by atoms with E-state index in [4.69, 9.17) is 4.52 Å². The summed E-state index contributed by atoms with van der Waals surface area (Å²) in [5.74, 6) is 0.593. The molecule has 0 saturated carbocycles. The Morgan fingerprint density at radius 3 is 2.83 bits per heavy atom. The van der Waals surface area contributed by atoms with Crippen molar-refractivity contribution < 1.29 is 14.4 Å². The molecular formula is C12H21N3O3. The van der Waals surface area contributed by atoms with Gasteiger partial charge in [0.2, 0.25) is 0 Å². The summed E-state index contributed by atoms with van der Waals surface area (Å²) in [6.07, 6.45) is 1.57. The molecule has 102 valence electrons. The first-order valence-electron chi connectivity index (χ1n) is 6.26. The number of aliphatic hydroxyl groups excluding tert-OH is 1. The monoisotopic (exact) mass is 255 g/mol. The topological polar surface area (TPSA) is 87.4 Å². The number of carbonyl (C=O) groups excluding carboxylic acids is 1. The van der Waals surface area contributed by atoms with Crippen LogP contribution >= 0.6 is 0 Å². The first-order valence-corrected chi connectivity index (χ1v) is 6.26. The molecule has 0 fully saturated rings. The van der Waals surface area contributed by atoms with Crippen LogP contribution in [-0.2, 0) is 6.42 Å². The molecule has 0 aliphatic heterocycles. The molecular weight excluding hydrogens is 234 g/mol. The van der Waals surface area contributed by atoms with Crippen molar-refractivity contribution in [1.82, 2.24) is 10.5 Å². The van der Waals surface area contributed by atoms with Crippen molar-refractivity contribution in [3.8, 4) is 0 Å². The van der Waals surface area contributed by atoms with Gasteiger partial charge in [0.1, 0.15) is 11.4 Å². The molecule has 1 rings (SSSR count). The van der Waals surface area contributed by atoms with Crippen LogP contribution in [0.25, 0.3) is 0 Å². The second-order valence-corrected chi connectivity index (χ2v) is 4.15. The fourth-order valence-corrected chi connectivity index (χ4v) is 1.53. The summed E-state index contributed by atoms with van der Waals surface area (Å²) in [5.41, 5.74) is 1.36. The van der Waals surface area contributed by atoms with Gasteiger partial charge in [0.05, 0.1) is 6.10 Å². The SMILES string of the molecule is CCc1noc(C)c1NC(=O)NCCC(O)CC. The van der Waals surface area contributed by atoms with E-state index in [1.807, 2.05) is 13.8 Å². The Morgan fingerprint density at radius 1 is 1.50 bits per heavy atom. The number of aryl methyl sites for hydroxylation is 2. The molecule has 6 nitrogen and oxygen atoms in total. The van der Waals surface area contributed by atoms with E-state index in [9.17, 15) is 9.90 Å².